The number of imidazole rings is 1. The topological polar surface area (TPSA) is 57.6 Å². The summed E-state index contributed by atoms with van der Waals surface area (Å²) in [6.07, 6.45) is 3.45. The Hall–Kier alpha value is -1.88. The molecule has 0 radical (unpaired) electrons. The molecule has 0 unspecified atom stereocenters. The van der Waals surface area contributed by atoms with Gasteiger partial charge in [0.25, 0.3) is 0 Å². The highest BCUT2D eigenvalue weighted by atomic mass is 35.5. The number of nitrogens with zero attached hydrogens (tertiary/aromatic N) is 4. The number of fused-ring (bicyclic) bond motifs is 3. The Bertz CT molecular complexity index is 782. The van der Waals surface area contributed by atoms with Crippen LogP contribution in [0.25, 0.3) is 22.1 Å². The second-order valence-electron chi connectivity index (χ2n) is 5.23. The molecule has 0 fully saturated rings. The Labute approximate surface area is 121 Å². The molecule has 6 heteroatoms. The van der Waals surface area contributed by atoms with E-state index in [2.05, 4.69) is 23.8 Å². The first-order valence-electron chi connectivity index (χ1n) is 6.53. The van der Waals surface area contributed by atoms with Crippen molar-refractivity contribution in [3.8, 4) is 0 Å². The maximum atomic E-state index is 12.3. The second kappa shape index (κ2) is 4.90. The summed E-state index contributed by atoms with van der Waals surface area (Å²) >= 11 is 5.94. The molecule has 0 bridgehead atoms. The number of halogens is 1. The molecule has 0 aromatic carbocycles. The fourth-order valence-corrected chi connectivity index (χ4v) is 2.71. The maximum absolute atomic E-state index is 12.3. The van der Waals surface area contributed by atoms with Crippen molar-refractivity contribution in [3.05, 3.63) is 35.6 Å². The van der Waals surface area contributed by atoms with Crippen LogP contribution in [0.1, 0.15) is 19.5 Å². The van der Waals surface area contributed by atoms with Crippen LogP contribution >= 0.6 is 11.6 Å². The van der Waals surface area contributed by atoms with Gasteiger partial charge in [0.2, 0.25) is 11.2 Å². The van der Waals surface area contributed by atoms with Crippen molar-refractivity contribution in [1.29, 1.82) is 0 Å². The lowest BCUT2D eigenvalue weighted by atomic mass is 10.2. The fraction of sp³-hybridized carbons (Fsp3) is 0.357. The number of hydrogen-bond acceptors (Lipinski definition) is 3. The number of alkyl halides is 1. The van der Waals surface area contributed by atoms with Gasteiger partial charge in [-0.25, -0.2) is 9.97 Å². The van der Waals surface area contributed by atoms with E-state index in [0.717, 1.165) is 16.8 Å². The standard InChI is InChI=1S/C14H15ClN4O/c1-9(2)7-18-8-17-13-11(6-15)19(20)10-4-3-5-16-12(10)14(13)18/h3-5,8-9H,6-7H2,1-2H3. The molecule has 0 aliphatic heterocycles. The molecule has 0 N–H and O–H groups in total. The Morgan fingerprint density at radius 1 is 1.35 bits per heavy atom. The fourth-order valence-electron chi connectivity index (χ4n) is 2.48. The molecule has 3 aromatic rings. The molecule has 0 spiro atoms. The number of rotatable bonds is 3. The van der Waals surface area contributed by atoms with Gasteiger partial charge in [0.15, 0.2) is 11.0 Å². The van der Waals surface area contributed by atoms with Gasteiger partial charge in [-0.2, -0.15) is 4.73 Å². The molecule has 0 atom stereocenters. The molecule has 104 valence electrons. The zero-order chi connectivity index (χ0) is 14.3. The van der Waals surface area contributed by atoms with Crippen molar-refractivity contribution in [1.82, 2.24) is 14.5 Å². The van der Waals surface area contributed by atoms with Gasteiger partial charge in [-0.1, -0.05) is 13.8 Å². The minimum absolute atomic E-state index is 0.128. The third-order valence-electron chi connectivity index (χ3n) is 3.27. The molecule has 0 aliphatic rings. The summed E-state index contributed by atoms with van der Waals surface area (Å²) in [6.45, 7) is 5.11. The normalized spacial score (nSPS) is 11.8. The van der Waals surface area contributed by atoms with Gasteiger partial charge in [0, 0.05) is 18.8 Å². The van der Waals surface area contributed by atoms with Crippen LogP contribution in [0.3, 0.4) is 0 Å². The van der Waals surface area contributed by atoms with Gasteiger partial charge in [0.1, 0.15) is 11.4 Å². The lowest BCUT2D eigenvalue weighted by molar-refractivity contribution is -0.583. The van der Waals surface area contributed by atoms with Gasteiger partial charge < -0.3 is 9.77 Å². The average Bonchev–Trinajstić information content (AvgIpc) is 2.82. The van der Waals surface area contributed by atoms with E-state index in [9.17, 15) is 5.21 Å². The zero-order valence-corrected chi connectivity index (χ0v) is 12.1. The van der Waals surface area contributed by atoms with Gasteiger partial charge in [-0.15, -0.1) is 11.6 Å². The maximum Gasteiger partial charge on any atom is 0.244 e. The smallest absolute Gasteiger partial charge is 0.244 e. The van der Waals surface area contributed by atoms with E-state index in [1.54, 1.807) is 24.7 Å². The van der Waals surface area contributed by atoms with E-state index in [0.29, 0.717) is 28.2 Å². The van der Waals surface area contributed by atoms with Crippen LogP contribution < -0.4 is 4.73 Å². The van der Waals surface area contributed by atoms with E-state index in [4.69, 9.17) is 11.6 Å². The summed E-state index contributed by atoms with van der Waals surface area (Å²) in [5.41, 5.74) is 3.20. The second-order valence-corrected chi connectivity index (χ2v) is 5.50. The van der Waals surface area contributed by atoms with E-state index in [-0.39, 0.29) is 5.88 Å². The van der Waals surface area contributed by atoms with Gasteiger partial charge in [-0.05, 0) is 12.0 Å². The molecular weight excluding hydrogens is 276 g/mol. The summed E-state index contributed by atoms with van der Waals surface area (Å²) in [5.74, 6) is 0.606. The monoisotopic (exact) mass is 290 g/mol. The van der Waals surface area contributed by atoms with Crippen LogP contribution in [0.2, 0.25) is 0 Å². The molecule has 5 nitrogen and oxygen atoms in total. The predicted octanol–water partition coefficient (Wildman–Crippen LogP) is 2.61. The summed E-state index contributed by atoms with van der Waals surface area (Å²) in [7, 11) is 0. The van der Waals surface area contributed by atoms with Crippen LogP contribution in [0, 0.1) is 11.1 Å². The van der Waals surface area contributed by atoms with Crippen LogP contribution in [0.5, 0.6) is 0 Å². The molecule has 0 amide bonds. The molecule has 3 aromatic heterocycles. The van der Waals surface area contributed by atoms with E-state index in [1.807, 2.05) is 4.57 Å². The molecule has 3 rings (SSSR count). The highest BCUT2D eigenvalue weighted by molar-refractivity contribution is 6.17. The molecule has 0 saturated heterocycles. The van der Waals surface area contributed by atoms with E-state index >= 15 is 0 Å². The Morgan fingerprint density at radius 3 is 2.85 bits per heavy atom. The first kappa shape index (κ1) is 13.1. The lowest BCUT2D eigenvalue weighted by Crippen LogP contribution is -2.33. The average molecular weight is 291 g/mol. The lowest BCUT2D eigenvalue weighted by Gasteiger charge is -2.10. The van der Waals surface area contributed by atoms with Crippen molar-refractivity contribution in [2.24, 2.45) is 5.92 Å². The van der Waals surface area contributed by atoms with E-state index in [1.165, 1.54) is 0 Å². The number of pyridine rings is 2. The molecule has 3 heterocycles. The Balaban J connectivity index is 2.45. The highest BCUT2D eigenvalue weighted by Crippen LogP contribution is 2.24. The first-order chi connectivity index (χ1) is 9.63. The Kier molecular flexibility index (Phi) is 3.22. The van der Waals surface area contributed by atoms with Gasteiger partial charge >= 0.3 is 0 Å². The van der Waals surface area contributed by atoms with Crippen molar-refractivity contribution in [2.75, 3.05) is 0 Å². The Morgan fingerprint density at radius 2 is 2.15 bits per heavy atom. The van der Waals surface area contributed by atoms with Gasteiger partial charge in [0.05, 0.1) is 6.33 Å². The van der Waals surface area contributed by atoms with Crippen LogP contribution in [-0.2, 0) is 12.4 Å². The highest BCUT2D eigenvalue weighted by Gasteiger charge is 2.22. The summed E-state index contributed by atoms with van der Waals surface area (Å²) in [6, 6.07) is 3.52. The summed E-state index contributed by atoms with van der Waals surface area (Å²) < 4.78 is 2.88. The third-order valence-corrected chi connectivity index (χ3v) is 3.53. The molecule has 0 saturated carbocycles. The largest absolute Gasteiger partial charge is 0.618 e. The van der Waals surface area contributed by atoms with E-state index < -0.39 is 0 Å². The number of aromatic nitrogens is 4. The minimum Gasteiger partial charge on any atom is -0.618 e. The van der Waals surface area contributed by atoms with Crippen LogP contribution in [-0.4, -0.2) is 14.5 Å². The summed E-state index contributed by atoms with van der Waals surface area (Å²) in [4.78, 5) is 8.73. The SMILES string of the molecule is CC(C)Cn1cnc2c(CCl)[n+]([O-])c3cccnc3c21. The van der Waals surface area contributed by atoms with Crippen molar-refractivity contribution in [2.45, 2.75) is 26.3 Å². The number of hydrogen-bond donors (Lipinski definition) is 0. The van der Waals surface area contributed by atoms with Crippen molar-refractivity contribution in [3.63, 3.8) is 0 Å². The quantitative estimate of drug-likeness (QED) is 0.423. The van der Waals surface area contributed by atoms with Crippen LogP contribution in [0.15, 0.2) is 24.7 Å². The predicted molar refractivity (Wildman–Crippen MR) is 78.4 cm³/mol. The molecular formula is C14H15ClN4O. The zero-order valence-electron chi connectivity index (χ0n) is 11.4. The van der Waals surface area contributed by atoms with Crippen molar-refractivity contribution >= 4 is 33.7 Å². The molecule has 20 heavy (non-hydrogen) atoms. The van der Waals surface area contributed by atoms with Crippen molar-refractivity contribution < 1.29 is 4.73 Å². The third kappa shape index (κ3) is 1.89. The van der Waals surface area contributed by atoms with Gasteiger partial charge in [-0.3, -0.25) is 0 Å². The first-order valence-corrected chi connectivity index (χ1v) is 7.07. The molecule has 0 aliphatic carbocycles. The minimum atomic E-state index is 0.128. The summed E-state index contributed by atoms with van der Waals surface area (Å²) in [5, 5.41) is 12.3. The van der Waals surface area contributed by atoms with Crippen LogP contribution in [0.4, 0.5) is 0 Å².